The van der Waals surface area contributed by atoms with Gasteiger partial charge in [0.1, 0.15) is 5.15 Å². The van der Waals surface area contributed by atoms with Gasteiger partial charge in [0.25, 0.3) is 0 Å². The maximum atomic E-state index is 13.0. The molecule has 8 nitrogen and oxygen atoms in total. The quantitative estimate of drug-likeness (QED) is 0.515. The summed E-state index contributed by atoms with van der Waals surface area (Å²) in [5.74, 6) is -0.335. The third kappa shape index (κ3) is 4.61. The Balaban J connectivity index is 1.74. The fourth-order valence-corrected chi connectivity index (χ4v) is 4.12. The Morgan fingerprint density at radius 2 is 1.85 bits per heavy atom. The molecule has 2 heterocycles. The molecule has 0 saturated heterocycles. The number of rotatable bonds is 7. The molecule has 33 heavy (non-hydrogen) atoms. The van der Waals surface area contributed by atoms with E-state index >= 15 is 0 Å². The first-order chi connectivity index (χ1) is 15.9. The molecule has 3 aromatic rings. The van der Waals surface area contributed by atoms with Crippen LogP contribution in [0.15, 0.2) is 53.6 Å². The number of carbonyl (C=O) groups excluding carboxylic acids is 1. The highest BCUT2D eigenvalue weighted by molar-refractivity contribution is 6.30. The molecule has 1 N–H and O–H groups in total. The first-order valence-corrected chi connectivity index (χ1v) is 10.7. The second kappa shape index (κ2) is 9.46. The molecule has 1 aliphatic rings. The van der Waals surface area contributed by atoms with Crippen molar-refractivity contribution < 1.29 is 24.2 Å². The van der Waals surface area contributed by atoms with Crippen LogP contribution >= 0.6 is 11.6 Å². The Kier molecular flexibility index (Phi) is 6.46. The average Bonchev–Trinajstić information content (AvgIpc) is 3.26. The van der Waals surface area contributed by atoms with Crippen molar-refractivity contribution in [2.24, 2.45) is 5.10 Å². The number of carboxylic acid groups (broad SMARTS) is 1. The number of hydrogen-bond acceptors (Lipinski definition) is 6. The number of aliphatic carboxylic acids is 1. The number of nitrogens with zero attached hydrogens (tertiary/aromatic N) is 3. The minimum atomic E-state index is -1.05. The smallest absolute Gasteiger partial charge is 0.303 e. The van der Waals surface area contributed by atoms with Gasteiger partial charge in [0.05, 0.1) is 37.9 Å². The number of fused-ring (bicyclic) bond motifs is 1. The Bertz CT molecular complexity index is 1260. The molecule has 0 unspecified atom stereocenters. The number of pyridine rings is 1. The summed E-state index contributed by atoms with van der Waals surface area (Å²) >= 11 is 6.53. The summed E-state index contributed by atoms with van der Waals surface area (Å²) in [6.45, 7) is 0. The van der Waals surface area contributed by atoms with Crippen LogP contribution in [0.2, 0.25) is 5.15 Å². The van der Waals surface area contributed by atoms with Crippen LogP contribution < -0.4 is 9.47 Å². The molecule has 1 aromatic heterocycles. The van der Waals surface area contributed by atoms with Crippen LogP contribution in [0, 0.1) is 0 Å². The van der Waals surface area contributed by atoms with E-state index in [9.17, 15) is 9.59 Å². The number of carbonyl (C=O) groups is 2. The summed E-state index contributed by atoms with van der Waals surface area (Å²) in [6.07, 6.45) is -0.0752. The van der Waals surface area contributed by atoms with E-state index in [0.717, 1.165) is 16.5 Å². The number of benzene rings is 2. The summed E-state index contributed by atoms with van der Waals surface area (Å²) in [6, 6.07) is 14.3. The minimum Gasteiger partial charge on any atom is -0.493 e. The molecule has 0 fully saturated rings. The number of methoxy groups -OCH3 is 2. The van der Waals surface area contributed by atoms with E-state index in [0.29, 0.717) is 29.2 Å². The van der Waals surface area contributed by atoms with Gasteiger partial charge in [-0.3, -0.25) is 9.59 Å². The van der Waals surface area contributed by atoms with Crippen molar-refractivity contribution in [1.82, 2.24) is 9.99 Å². The number of carboxylic acids is 1. The molecule has 170 valence electrons. The number of amides is 1. The Labute approximate surface area is 195 Å². The molecule has 1 atom stereocenters. The van der Waals surface area contributed by atoms with Crippen LogP contribution in [0.3, 0.4) is 0 Å². The molecule has 0 spiro atoms. The molecule has 0 saturated carbocycles. The van der Waals surface area contributed by atoms with Crippen LogP contribution in [-0.2, 0) is 9.59 Å². The average molecular weight is 468 g/mol. The van der Waals surface area contributed by atoms with E-state index in [4.69, 9.17) is 26.2 Å². The van der Waals surface area contributed by atoms with Gasteiger partial charge in [0, 0.05) is 29.4 Å². The zero-order valence-corrected chi connectivity index (χ0v) is 18.9. The highest BCUT2D eigenvalue weighted by Gasteiger charge is 2.35. The highest BCUT2D eigenvalue weighted by Crippen LogP contribution is 2.38. The van der Waals surface area contributed by atoms with E-state index in [-0.39, 0.29) is 18.0 Å². The standard InChI is InChI=1S/C24H22ClN3O5/c1-32-20-8-7-15(12-21(20)33-2)18-13-19(28(27-18)22(29)9-10-23(30)31)16-11-14-5-3-4-6-17(14)26-24(16)25/h3-8,11-12,19H,9-10,13H2,1-2H3,(H,30,31)/t19-/m1/s1. The van der Waals surface area contributed by atoms with E-state index in [1.807, 2.05) is 36.4 Å². The maximum Gasteiger partial charge on any atom is 0.303 e. The molecular weight excluding hydrogens is 446 g/mol. The normalized spacial score (nSPS) is 15.4. The molecule has 9 heteroatoms. The molecule has 4 rings (SSSR count). The maximum absolute atomic E-state index is 13.0. The summed E-state index contributed by atoms with van der Waals surface area (Å²) in [4.78, 5) is 28.5. The van der Waals surface area contributed by atoms with Crippen molar-refractivity contribution in [1.29, 1.82) is 0 Å². The Hall–Kier alpha value is -3.65. The summed E-state index contributed by atoms with van der Waals surface area (Å²) < 4.78 is 10.7. The molecule has 1 aliphatic heterocycles. The molecule has 0 bridgehead atoms. The number of ether oxygens (including phenoxy) is 2. The Morgan fingerprint density at radius 3 is 2.58 bits per heavy atom. The lowest BCUT2D eigenvalue weighted by molar-refractivity contribution is -0.141. The molecule has 0 aliphatic carbocycles. The number of aromatic nitrogens is 1. The Morgan fingerprint density at radius 1 is 1.09 bits per heavy atom. The molecular formula is C24H22ClN3O5. The van der Waals surface area contributed by atoms with Gasteiger partial charge in [-0.2, -0.15) is 5.10 Å². The van der Waals surface area contributed by atoms with E-state index in [1.165, 1.54) is 5.01 Å². The van der Waals surface area contributed by atoms with Gasteiger partial charge < -0.3 is 14.6 Å². The van der Waals surface area contributed by atoms with Crippen LogP contribution in [0.4, 0.5) is 0 Å². The fourth-order valence-electron chi connectivity index (χ4n) is 3.84. The fraction of sp³-hybridized carbons (Fsp3) is 0.250. The predicted molar refractivity (Wildman–Crippen MR) is 124 cm³/mol. The van der Waals surface area contributed by atoms with Crippen LogP contribution in [0.25, 0.3) is 10.9 Å². The van der Waals surface area contributed by atoms with Crippen LogP contribution in [0.5, 0.6) is 11.5 Å². The topological polar surface area (TPSA) is 101 Å². The van der Waals surface area contributed by atoms with Crippen LogP contribution in [-0.4, -0.2) is 46.9 Å². The number of halogens is 1. The van der Waals surface area contributed by atoms with Gasteiger partial charge in [-0.15, -0.1) is 0 Å². The van der Waals surface area contributed by atoms with Gasteiger partial charge in [-0.25, -0.2) is 9.99 Å². The van der Waals surface area contributed by atoms with Gasteiger partial charge >= 0.3 is 5.97 Å². The van der Waals surface area contributed by atoms with Crippen molar-refractivity contribution in [3.63, 3.8) is 0 Å². The van der Waals surface area contributed by atoms with Crippen LogP contribution in [0.1, 0.15) is 36.4 Å². The minimum absolute atomic E-state index is 0.173. The predicted octanol–water partition coefficient (Wildman–Crippen LogP) is 4.45. The third-order valence-electron chi connectivity index (χ3n) is 5.50. The largest absolute Gasteiger partial charge is 0.493 e. The second-order valence-corrected chi connectivity index (χ2v) is 7.89. The van der Waals surface area contributed by atoms with Gasteiger partial charge in [0.2, 0.25) is 5.91 Å². The van der Waals surface area contributed by atoms with E-state index in [1.54, 1.807) is 26.4 Å². The number of hydrogen-bond donors (Lipinski definition) is 1. The first-order valence-electron chi connectivity index (χ1n) is 10.3. The zero-order valence-electron chi connectivity index (χ0n) is 18.1. The molecule has 0 radical (unpaired) electrons. The van der Waals surface area contributed by atoms with Crippen molar-refractivity contribution in [2.75, 3.05) is 14.2 Å². The summed E-state index contributed by atoms with van der Waals surface area (Å²) in [5, 5.41) is 16.1. The lowest BCUT2D eigenvalue weighted by Crippen LogP contribution is -2.27. The first kappa shape index (κ1) is 22.5. The van der Waals surface area contributed by atoms with Gasteiger partial charge in [-0.05, 0) is 30.3 Å². The number of para-hydroxylation sites is 1. The van der Waals surface area contributed by atoms with Crippen molar-refractivity contribution in [3.8, 4) is 11.5 Å². The molecule has 2 aromatic carbocycles. The van der Waals surface area contributed by atoms with Crippen molar-refractivity contribution >= 4 is 40.1 Å². The SMILES string of the molecule is COc1ccc(C2=NN(C(=O)CCC(=O)O)[C@@H](c3cc4ccccc4nc3Cl)C2)cc1OC. The summed E-state index contributed by atoms with van der Waals surface area (Å²) in [7, 11) is 3.10. The third-order valence-corrected chi connectivity index (χ3v) is 5.80. The number of hydrazone groups is 1. The van der Waals surface area contributed by atoms with E-state index in [2.05, 4.69) is 10.1 Å². The van der Waals surface area contributed by atoms with Crippen molar-refractivity contribution in [2.45, 2.75) is 25.3 Å². The second-order valence-electron chi connectivity index (χ2n) is 7.53. The van der Waals surface area contributed by atoms with Crippen molar-refractivity contribution in [3.05, 3.63) is 64.8 Å². The van der Waals surface area contributed by atoms with Gasteiger partial charge in [-0.1, -0.05) is 29.8 Å². The highest BCUT2D eigenvalue weighted by atomic mass is 35.5. The van der Waals surface area contributed by atoms with E-state index < -0.39 is 17.9 Å². The molecule has 1 amide bonds. The lowest BCUT2D eigenvalue weighted by Gasteiger charge is -2.22. The summed E-state index contributed by atoms with van der Waals surface area (Å²) in [5.41, 5.74) is 2.80. The monoisotopic (exact) mass is 467 g/mol. The zero-order chi connectivity index (χ0) is 23.5. The lowest BCUT2D eigenvalue weighted by atomic mass is 9.98. The van der Waals surface area contributed by atoms with Gasteiger partial charge in [0.15, 0.2) is 11.5 Å².